The van der Waals surface area contributed by atoms with E-state index >= 15 is 0 Å². The Morgan fingerprint density at radius 2 is 1.28 bits per heavy atom. The standard InChI is InChI=1S/C16H35O7P.Al.3H/c1-3-20-12-8-6-5-7-10-16(23-24(17,18)19)11-9-13-22-15-14-21-4-2;;;;/h16H,3-15H2,1-2H3,(H2,17,18,19);;;;. The smallest absolute Gasteiger partial charge is 0.382 e. The summed E-state index contributed by atoms with van der Waals surface area (Å²) in [5.41, 5.74) is 0. The van der Waals surface area contributed by atoms with Gasteiger partial charge >= 0.3 is 7.82 Å². The first-order valence-electron chi connectivity index (χ1n) is 8.96. The van der Waals surface area contributed by atoms with Crippen molar-refractivity contribution in [2.24, 2.45) is 0 Å². The van der Waals surface area contributed by atoms with Crippen LogP contribution in [0, 0.1) is 0 Å². The van der Waals surface area contributed by atoms with E-state index in [2.05, 4.69) is 0 Å². The molecule has 7 nitrogen and oxygen atoms in total. The summed E-state index contributed by atoms with van der Waals surface area (Å²) in [6, 6.07) is 0. The first-order chi connectivity index (χ1) is 11.5. The summed E-state index contributed by atoms with van der Waals surface area (Å²) in [4.78, 5) is 18.0. The monoisotopic (exact) mass is 400 g/mol. The number of phosphoric ester groups is 1. The first kappa shape index (κ1) is 27.7. The molecule has 0 saturated heterocycles. The molecule has 0 amide bonds. The molecule has 0 radical (unpaired) electrons. The molecule has 0 heterocycles. The molecule has 0 bridgehead atoms. The fourth-order valence-corrected chi connectivity index (χ4v) is 2.89. The van der Waals surface area contributed by atoms with Gasteiger partial charge in [0.25, 0.3) is 0 Å². The Bertz CT molecular complexity index is 297. The zero-order valence-electron chi connectivity index (χ0n) is 15.2. The van der Waals surface area contributed by atoms with Gasteiger partial charge in [-0.2, -0.15) is 0 Å². The minimum absolute atomic E-state index is 0. The largest absolute Gasteiger partial charge is 0.469 e. The van der Waals surface area contributed by atoms with Crippen molar-refractivity contribution >= 4 is 25.2 Å². The lowest BCUT2D eigenvalue weighted by Gasteiger charge is -2.18. The van der Waals surface area contributed by atoms with Crippen LogP contribution in [0.4, 0.5) is 0 Å². The zero-order chi connectivity index (χ0) is 18.1. The van der Waals surface area contributed by atoms with Gasteiger partial charge in [0.1, 0.15) is 0 Å². The SMILES string of the molecule is CCOCCCCCCC(CCCOCCOCC)OP(=O)(O)O.[AlH3]. The van der Waals surface area contributed by atoms with Gasteiger partial charge in [-0.1, -0.05) is 19.3 Å². The maximum absolute atomic E-state index is 11.1. The molecule has 0 aliphatic rings. The van der Waals surface area contributed by atoms with Crippen molar-refractivity contribution in [3.63, 3.8) is 0 Å². The van der Waals surface area contributed by atoms with Crippen LogP contribution in [0.15, 0.2) is 0 Å². The molecule has 0 aromatic heterocycles. The molecule has 1 unspecified atom stereocenters. The maximum atomic E-state index is 11.1. The number of ether oxygens (including phenoxy) is 3. The number of unbranched alkanes of at least 4 members (excludes halogenated alkanes) is 3. The molecule has 0 aromatic rings. The van der Waals surface area contributed by atoms with Crippen LogP contribution in [0.2, 0.25) is 0 Å². The normalized spacial score (nSPS) is 12.8. The molecule has 0 aliphatic heterocycles. The lowest BCUT2D eigenvalue weighted by molar-refractivity contribution is 0.0454. The van der Waals surface area contributed by atoms with Gasteiger partial charge in [-0.15, -0.1) is 0 Å². The van der Waals surface area contributed by atoms with Gasteiger partial charge in [-0.3, -0.25) is 4.52 Å². The fraction of sp³-hybridized carbons (Fsp3) is 1.00. The van der Waals surface area contributed by atoms with Crippen LogP contribution in [0.25, 0.3) is 0 Å². The van der Waals surface area contributed by atoms with Crippen LogP contribution < -0.4 is 0 Å². The van der Waals surface area contributed by atoms with E-state index < -0.39 is 13.9 Å². The third-order valence-electron chi connectivity index (χ3n) is 3.45. The summed E-state index contributed by atoms with van der Waals surface area (Å²) in [7, 11) is -4.44. The molecule has 0 aromatic carbocycles. The van der Waals surface area contributed by atoms with E-state index in [0.717, 1.165) is 38.9 Å². The average molecular weight is 400 g/mol. The summed E-state index contributed by atoms with van der Waals surface area (Å²) in [6.45, 7) is 7.75. The van der Waals surface area contributed by atoms with Crippen LogP contribution in [0.3, 0.4) is 0 Å². The molecule has 2 N–H and O–H groups in total. The number of phosphoric acid groups is 1. The topological polar surface area (TPSA) is 94.5 Å². The zero-order valence-corrected chi connectivity index (χ0v) is 16.0. The molecular formula is C16H38AlO7P. The van der Waals surface area contributed by atoms with Gasteiger partial charge in [0, 0.05) is 26.4 Å². The van der Waals surface area contributed by atoms with Crippen LogP contribution in [-0.2, 0) is 23.3 Å². The second-order valence-corrected chi connectivity index (χ2v) is 6.76. The lowest BCUT2D eigenvalue weighted by atomic mass is 10.1. The second-order valence-electron chi connectivity index (χ2n) is 5.57. The predicted octanol–water partition coefficient (Wildman–Crippen LogP) is 2.10. The number of hydrogen-bond donors (Lipinski definition) is 2. The number of hydrogen-bond acceptors (Lipinski definition) is 5. The van der Waals surface area contributed by atoms with Gasteiger partial charge in [-0.05, 0) is 39.5 Å². The minimum Gasteiger partial charge on any atom is -0.382 e. The third kappa shape index (κ3) is 22.5. The van der Waals surface area contributed by atoms with Crippen molar-refractivity contribution in [3.05, 3.63) is 0 Å². The Labute approximate surface area is 163 Å². The Morgan fingerprint density at radius 3 is 1.92 bits per heavy atom. The molecule has 0 aliphatic carbocycles. The van der Waals surface area contributed by atoms with E-state index in [4.69, 9.17) is 28.5 Å². The molecule has 0 rings (SSSR count). The summed E-state index contributed by atoms with van der Waals surface area (Å²) in [5, 5.41) is 0. The van der Waals surface area contributed by atoms with E-state index in [1.165, 1.54) is 0 Å². The van der Waals surface area contributed by atoms with Gasteiger partial charge in [0.15, 0.2) is 17.4 Å². The fourth-order valence-electron chi connectivity index (χ4n) is 2.30. The van der Waals surface area contributed by atoms with Crippen molar-refractivity contribution in [1.82, 2.24) is 0 Å². The highest BCUT2D eigenvalue weighted by atomic mass is 31.2. The lowest BCUT2D eigenvalue weighted by Crippen LogP contribution is -2.13. The Hall–Kier alpha value is 0.522. The van der Waals surface area contributed by atoms with Crippen molar-refractivity contribution in [1.29, 1.82) is 0 Å². The van der Waals surface area contributed by atoms with E-state index in [0.29, 0.717) is 45.7 Å². The summed E-state index contributed by atoms with van der Waals surface area (Å²) >= 11 is 0. The van der Waals surface area contributed by atoms with E-state index in [-0.39, 0.29) is 17.4 Å². The van der Waals surface area contributed by atoms with Crippen molar-refractivity contribution in [2.45, 2.75) is 64.9 Å². The summed E-state index contributed by atoms with van der Waals surface area (Å²) in [5.74, 6) is 0. The molecule has 1 atom stereocenters. The van der Waals surface area contributed by atoms with E-state index in [9.17, 15) is 4.57 Å². The van der Waals surface area contributed by atoms with Gasteiger partial charge in [0.05, 0.1) is 19.3 Å². The Morgan fingerprint density at radius 1 is 0.760 bits per heavy atom. The summed E-state index contributed by atoms with van der Waals surface area (Å²) in [6.07, 6.45) is 5.50. The van der Waals surface area contributed by atoms with Gasteiger partial charge in [-0.25, -0.2) is 4.57 Å². The predicted molar refractivity (Wildman–Crippen MR) is 103 cm³/mol. The number of rotatable bonds is 18. The summed E-state index contributed by atoms with van der Waals surface area (Å²) < 4.78 is 31.8. The highest BCUT2D eigenvalue weighted by Gasteiger charge is 2.21. The van der Waals surface area contributed by atoms with Crippen molar-refractivity contribution < 1.29 is 33.1 Å². The quantitative estimate of drug-likeness (QED) is 0.207. The Kier molecular flexibility index (Phi) is 21.4. The molecular weight excluding hydrogens is 362 g/mol. The van der Waals surface area contributed by atoms with Crippen LogP contribution >= 0.6 is 7.82 Å². The first-order valence-corrected chi connectivity index (χ1v) is 10.5. The highest BCUT2D eigenvalue weighted by molar-refractivity contribution is 7.46. The minimum atomic E-state index is -4.44. The average Bonchev–Trinajstić information content (AvgIpc) is 2.51. The molecule has 152 valence electrons. The van der Waals surface area contributed by atoms with Crippen molar-refractivity contribution in [3.8, 4) is 0 Å². The molecule has 0 spiro atoms. The molecule has 0 fully saturated rings. The molecule has 0 saturated carbocycles. The van der Waals surface area contributed by atoms with Gasteiger partial charge in [0.2, 0.25) is 0 Å². The van der Waals surface area contributed by atoms with Crippen LogP contribution in [0.1, 0.15) is 58.8 Å². The maximum Gasteiger partial charge on any atom is 0.469 e. The molecule has 9 heteroatoms. The van der Waals surface area contributed by atoms with Gasteiger partial charge < -0.3 is 24.0 Å². The second kappa shape index (κ2) is 19.3. The highest BCUT2D eigenvalue weighted by Crippen LogP contribution is 2.39. The third-order valence-corrected chi connectivity index (χ3v) is 4.02. The van der Waals surface area contributed by atoms with E-state index in [1.54, 1.807) is 0 Å². The van der Waals surface area contributed by atoms with Crippen molar-refractivity contribution in [2.75, 3.05) is 39.6 Å². The Balaban J connectivity index is 0. The van der Waals surface area contributed by atoms with Crippen LogP contribution in [-0.4, -0.2) is 72.9 Å². The van der Waals surface area contributed by atoms with Crippen LogP contribution in [0.5, 0.6) is 0 Å². The van der Waals surface area contributed by atoms with E-state index in [1.807, 2.05) is 13.8 Å². The molecule has 25 heavy (non-hydrogen) atoms.